The lowest BCUT2D eigenvalue weighted by molar-refractivity contribution is -0.137. The second-order valence-electron chi connectivity index (χ2n) is 4.34. The molecule has 0 atom stereocenters. The van der Waals surface area contributed by atoms with Crippen LogP contribution in [0.15, 0.2) is 32.6 Å². The van der Waals surface area contributed by atoms with E-state index in [1.54, 1.807) is 5.40 Å². The summed E-state index contributed by atoms with van der Waals surface area (Å²) in [5.74, 6) is -0.444. The topological polar surface area (TPSA) is 67.6 Å². The Morgan fingerprint density at radius 3 is 2.32 bits per heavy atom. The smallest absolute Gasteiger partial charge is 0.383 e. The highest BCUT2D eigenvalue weighted by molar-refractivity contribution is 9.10. The van der Waals surface area contributed by atoms with Gasteiger partial charge >= 0.3 is 11.7 Å². The van der Waals surface area contributed by atoms with Crippen LogP contribution in [0.25, 0.3) is 5.69 Å². The van der Waals surface area contributed by atoms with Crippen molar-refractivity contribution < 1.29 is 26.3 Å². The van der Waals surface area contributed by atoms with Gasteiger partial charge in [0.25, 0.3) is 0 Å². The monoisotopic (exact) mass is 462 g/mol. The molecule has 2 rings (SSSR count). The maximum absolute atomic E-state index is 12.7. The zero-order chi connectivity index (χ0) is 19.0. The minimum absolute atomic E-state index is 0.000635. The third kappa shape index (κ3) is 4.56. The number of alkyl halides is 6. The van der Waals surface area contributed by atoms with E-state index in [1.807, 2.05) is 0 Å². The van der Waals surface area contributed by atoms with E-state index >= 15 is 0 Å². The average molecular weight is 463 g/mol. The van der Waals surface area contributed by atoms with Gasteiger partial charge in [-0.05, 0) is 45.9 Å². The second kappa shape index (κ2) is 7.00. The molecule has 2 aromatic rings. The zero-order valence-electron chi connectivity index (χ0n) is 11.6. The molecule has 0 bridgehead atoms. The molecule has 0 fully saturated rings. The highest BCUT2D eigenvalue weighted by Crippen LogP contribution is 2.45. The van der Waals surface area contributed by atoms with Gasteiger partial charge in [-0.1, -0.05) is 0 Å². The molecule has 0 unspecified atom stereocenters. The Morgan fingerprint density at radius 2 is 1.84 bits per heavy atom. The van der Waals surface area contributed by atoms with Crippen LogP contribution in [0.4, 0.5) is 32.2 Å². The molecule has 0 aliphatic heterocycles. The van der Waals surface area contributed by atoms with Crippen LogP contribution in [0, 0.1) is 10.7 Å². The van der Waals surface area contributed by atoms with Crippen LogP contribution in [-0.4, -0.2) is 15.3 Å². The van der Waals surface area contributed by atoms with Gasteiger partial charge in [0, 0.05) is 16.2 Å². The van der Waals surface area contributed by atoms with Gasteiger partial charge in [-0.15, -0.1) is 0 Å². The Morgan fingerprint density at radius 1 is 1.20 bits per heavy atom. The number of benzene rings is 1. The first-order chi connectivity index (χ1) is 11.4. The molecule has 0 spiro atoms. The molecule has 1 heterocycles. The van der Waals surface area contributed by atoms with Crippen molar-refractivity contribution in [2.24, 2.45) is 0 Å². The van der Waals surface area contributed by atoms with Crippen molar-refractivity contribution in [2.75, 3.05) is 5.73 Å². The number of aromatic nitrogens is 2. The van der Waals surface area contributed by atoms with E-state index in [4.69, 9.17) is 11.0 Å². The molecule has 0 saturated carbocycles. The predicted molar refractivity (Wildman–Crippen MR) is 84.1 cm³/mol. The number of nitrogens with two attached hydrogens (primary N) is 1. The third-order valence-electron chi connectivity index (χ3n) is 2.71. The quantitative estimate of drug-likeness (QED) is 0.374. The molecular weight excluding hydrogens is 458 g/mol. The summed E-state index contributed by atoms with van der Waals surface area (Å²) in [6.45, 7) is 0. The lowest BCUT2D eigenvalue weighted by atomic mass is 10.2. The number of thioether (sulfide) groups is 2. The molecule has 0 amide bonds. The van der Waals surface area contributed by atoms with Gasteiger partial charge in [-0.3, -0.25) is 0 Å². The molecule has 13 heteroatoms. The van der Waals surface area contributed by atoms with Gasteiger partial charge in [0.2, 0.25) is 0 Å². The Kier molecular flexibility index (Phi) is 5.55. The Labute approximate surface area is 153 Å². The molecule has 0 aliphatic rings. The van der Waals surface area contributed by atoms with E-state index < -0.39 is 39.7 Å². The van der Waals surface area contributed by atoms with Gasteiger partial charge in [0.1, 0.15) is 16.2 Å². The van der Waals surface area contributed by atoms with Crippen molar-refractivity contribution in [1.82, 2.24) is 9.78 Å². The van der Waals surface area contributed by atoms with E-state index in [-0.39, 0.29) is 15.2 Å². The van der Waals surface area contributed by atoms with E-state index in [1.165, 1.54) is 0 Å². The average Bonchev–Trinajstić information content (AvgIpc) is 2.74. The van der Waals surface area contributed by atoms with Crippen LogP contribution < -0.4 is 5.73 Å². The van der Waals surface area contributed by atoms with Gasteiger partial charge in [0.05, 0.1) is 16.1 Å². The van der Waals surface area contributed by atoms with Crippen LogP contribution >= 0.6 is 39.5 Å². The first-order valence-corrected chi connectivity index (χ1v) is 8.44. The molecule has 0 aliphatic carbocycles. The number of hydrogen-bond donors (Lipinski definition) is 1. The summed E-state index contributed by atoms with van der Waals surface area (Å²) in [4.78, 5) is -0.495. The van der Waals surface area contributed by atoms with Crippen LogP contribution in [0.5, 0.6) is 0 Å². The summed E-state index contributed by atoms with van der Waals surface area (Å²) >= 11 is 2.74. The maximum atomic E-state index is 12.7. The zero-order valence-corrected chi connectivity index (χ0v) is 14.8. The molecule has 25 heavy (non-hydrogen) atoms. The molecule has 1 aromatic heterocycles. The number of nitrogen functional groups attached to an aromatic ring is 1. The number of thiocyanates is 1. The fourth-order valence-corrected chi connectivity index (χ4v) is 3.51. The standard InChI is InChI=1S/C12H5BrF6N4S2/c13-6-3-5(11(14,15)16)1-2-7(6)23-9(21)8(25-12(17,18)19)10(22-23)24-4-20/h1-3H,21H2. The van der Waals surface area contributed by atoms with Crippen molar-refractivity contribution in [1.29, 1.82) is 5.26 Å². The highest BCUT2D eigenvalue weighted by atomic mass is 79.9. The molecule has 4 nitrogen and oxygen atoms in total. The molecule has 2 N–H and O–H groups in total. The third-order valence-corrected chi connectivity index (χ3v) is 4.88. The number of hydrogen-bond acceptors (Lipinski definition) is 5. The van der Waals surface area contributed by atoms with E-state index in [2.05, 4.69) is 21.0 Å². The van der Waals surface area contributed by atoms with Crippen molar-refractivity contribution in [3.63, 3.8) is 0 Å². The van der Waals surface area contributed by atoms with Gasteiger partial charge in [-0.25, -0.2) is 4.68 Å². The number of rotatable bonds is 3. The summed E-state index contributed by atoms with van der Waals surface area (Å²) in [6, 6.07) is 2.51. The van der Waals surface area contributed by atoms with Gasteiger partial charge < -0.3 is 5.73 Å². The van der Waals surface area contributed by atoms with Crippen molar-refractivity contribution in [3.8, 4) is 11.1 Å². The molecule has 0 saturated heterocycles. The summed E-state index contributed by atoms with van der Waals surface area (Å²) in [6.07, 6.45) is -4.59. The van der Waals surface area contributed by atoms with Crippen molar-refractivity contribution >= 4 is 45.3 Å². The minimum Gasteiger partial charge on any atom is -0.383 e. The number of nitriles is 1. The van der Waals surface area contributed by atoms with E-state index in [0.29, 0.717) is 11.8 Å². The summed E-state index contributed by atoms with van der Waals surface area (Å²) in [5, 5.41) is 13.8. The summed E-state index contributed by atoms with van der Waals surface area (Å²) in [5.41, 5.74) is 0.0497. The Bertz CT molecular complexity index is 840. The van der Waals surface area contributed by atoms with Crippen molar-refractivity contribution in [3.05, 3.63) is 28.2 Å². The first-order valence-electron chi connectivity index (χ1n) is 6.01. The summed E-state index contributed by atoms with van der Waals surface area (Å²) in [7, 11) is 0. The largest absolute Gasteiger partial charge is 0.446 e. The van der Waals surface area contributed by atoms with Crippen LogP contribution in [0.2, 0.25) is 0 Å². The fraction of sp³-hybridized carbons (Fsp3) is 0.167. The lowest BCUT2D eigenvalue weighted by Crippen LogP contribution is -2.08. The van der Waals surface area contributed by atoms with Gasteiger partial charge in [-0.2, -0.15) is 36.7 Å². The Hall–Kier alpha value is -1.52. The molecular formula is C12H5BrF6N4S2. The molecule has 1 aromatic carbocycles. The van der Waals surface area contributed by atoms with Crippen LogP contribution in [0.1, 0.15) is 5.56 Å². The number of halogens is 7. The number of nitrogens with zero attached hydrogens (tertiary/aromatic N) is 3. The molecule has 134 valence electrons. The highest BCUT2D eigenvalue weighted by Gasteiger charge is 2.35. The van der Waals surface area contributed by atoms with E-state index in [9.17, 15) is 26.3 Å². The predicted octanol–water partition coefficient (Wildman–Crippen LogP) is 5.42. The SMILES string of the molecule is N#CSc1nn(-c2ccc(C(F)(F)F)cc2Br)c(N)c1SC(F)(F)F. The minimum atomic E-state index is -4.68. The van der Waals surface area contributed by atoms with Gasteiger partial charge in [0.15, 0.2) is 0 Å². The fourth-order valence-electron chi connectivity index (χ4n) is 1.76. The van der Waals surface area contributed by atoms with E-state index in [0.717, 1.165) is 22.9 Å². The molecule has 0 radical (unpaired) electrons. The van der Waals surface area contributed by atoms with Crippen LogP contribution in [-0.2, 0) is 6.18 Å². The Balaban J connectivity index is 2.57. The summed E-state index contributed by atoms with van der Waals surface area (Å²) < 4.78 is 76.9. The van der Waals surface area contributed by atoms with Crippen molar-refractivity contribution in [2.45, 2.75) is 21.6 Å². The first kappa shape index (κ1) is 19.8. The van der Waals surface area contributed by atoms with Crippen LogP contribution in [0.3, 0.4) is 0 Å². The normalized spacial score (nSPS) is 12.2. The number of anilines is 1. The second-order valence-corrected chi connectivity index (χ2v) is 7.04. The maximum Gasteiger partial charge on any atom is 0.446 e. The lowest BCUT2D eigenvalue weighted by Gasteiger charge is -2.11.